The Kier molecular flexibility index (Phi) is 8.69. The Labute approximate surface area is 162 Å². The molecule has 1 N–H and O–H groups in total. The van der Waals surface area contributed by atoms with Crippen LogP contribution in [0.4, 0.5) is 0 Å². The fourth-order valence-corrected chi connectivity index (χ4v) is 2.88. The maximum atomic E-state index is 12.1. The normalized spacial score (nSPS) is 11.7. The number of aryl methyl sites for hydroxylation is 2. The van der Waals surface area contributed by atoms with Gasteiger partial charge in [-0.3, -0.25) is 4.79 Å². The fourth-order valence-electron chi connectivity index (χ4n) is 2.88. The molecule has 0 bridgehead atoms. The lowest BCUT2D eigenvalue weighted by atomic mass is 10.1. The van der Waals surface area contributed by atoms with E-state index in [-0.39, 0.29) is 11.9 Å². The molecule has 4 nitrogen and oxygen atoms in total. The first-order valence-corrected chi connectivity index (χ1v) is 9.68. The van der Waals surface area contributed by atoms with Gasteiger partial charge in [0.2, 0.25) is 5.91 Å². The summed E-state index contributed by atoms with van der Waals surface area (Å²) in [5, 5.41) is 3.08. The molecule has 0 aliphatic carbocycles. The lowest BCUT2D eigenvalue weighted by molar-refractivity contribution is -0.121. The van der Waals surface area contributed by atoms with Crippen molar-refractivity contribution in [2.24, 2.45) is 0 Å². The first kappa shape index (κ1) is 20.8. The molecule has 4 heteroatoms. The summed E-state index contributed by atoms with van der Waals surface area (Å²) in [6.45, 7) is 4.75. The van der Waals surface area contributed by atoms with E-state index in [0.717, 1.165) is 37.2 Å². The molecule has 2 aromatic rings. The third-order valence-electron chi connectivity index (χ3n) is 4.49. The van der Waals surface area contributed by atoms with E-state index in [1.54, 1.807) is 7.11 Å². The van der Waals surface area contributed by atoms with Gasteiger partial charge < -0.3 is 14.8 Å². The molecular formula is C23H31NO3. The molecule has 0 aromatic heterocycles. The summed E-state index contributed by atoms with van der Waals surface area (Å²) in [7, 11) is 1.67. The summed E-state index contributed by atoms with van der Waals surface area (Å²) in [5.74, 6) is 1.88. The van der Waals surface area contributed by atoms with Crippen LogP contribution in [0.3, 0.4) is 0 Å². The number of unbranched alkanes of at least 4 members (excludes halogenated alkanes) is 1. The molecule has 1 amide bonds. The molecule has 2 aromatic carbocycles. The highest BCUT2D eigenvalue weighted by Gasteiger charge is 2.08. The number of amides is 1. The number of hydrogen-bond donors (Lipinski definition) is 1. The van der Waals surface area contributed by atoms with Crippen LogP contribution in [0.1, 0.15) is 43.7 Å². The van der Waals surface area contributed by atoms with Crippen LogP contribution in [0.5, 0.6) is 11.5 Å². The molecule has 0 saturated carbocycles. The van der Waals surface area contributed by atoms with Crippen LogP contribution in [-0.4, -0.2) is 25.7 Å². The number of carbonyl (C=O) groups is 1. The van der Waals surface area contributed by atoms with Gasteiger partial charge in [-0.2, -0.15) is 0 Å². The smallest absolute Gasteiger partial charge is 0.220 e. The van der Waals surface area contributed by atoms with Crippen LogP contribution in [-0.2, 0) is 11.2 Å². The average molecular weight is 370 g/mol. The number of ether oxygens (including phenoxy) is 2. The molecule has 0 aliphatic heterocycles. The molecule has 0 aliphatic rings. The van der Waals surface area contributed by atoms with Crippen LogP contribution in [0.15, 0.2) is 48.5 Å². The van der Waals surface area contributed by atoms with E-state index in [1.165, 1.54) is 11.1 Å². The molecule has 0 heterocycles. The Morgan fingerprint density at radius 1 is 1.07 bits per heavy atom. The lowest BCUT2D eigenvalue weighted by Crippen LogP contribution is -2.32. The van der Waals surface area contributed by atoms with Crippen LogP contribution in [0, 0.1) is 6.92 Å². The van der Waals surface area contributed by atoms with Gasteiger partial charge in [-0.25, -0.2) is 0 Å². The van der Waals surface area contributed by atoms with E-state index >= 15 is 0 Å². The van der Waals surface area contributed by atoms with Gasteiger partial charge >= 0.3 is 0 Å². The lowest BCUT2D eigenvalue weighted by Gasteiger charge is -2.14. The molecule has 0 saturated heterocycles. The van der Waals surface area contributed by atoms with Crippen molar-refractivity contribution in [1.29, 1.82) is 0 Å². The van der Waals surface area contributed by atoms with E-state index in [1.807, 2.05) is 43.3 Å². The van der Waals surface area contributed by atoms with Crippen LogP contribution < -0.4 is 14.8 Å². The summed E-state index contributed by atoms with van der Waals surface area (Å²) in [6, 6.07) is 16.3. The average Bonchev–Trinajstić information content (AvgIpc) is 2.66. The third kappa shape index (κ3) is 8.16. The van der Waals surface area contributed by atoms with Gasteiger partial charge in [-0.15, -0.1) is 0 Å². The quantitative estimate of drug-likeness (QED) is 0.585. The molecule has 2 rings (SSSR count). The second kappa shape index (κ2) is 11.3. The van der Waals surface area contributed by atoms with E-state index in [9.17, 15) is 4.79 Å². The van der Waals surface area contributed by atoms with E-state index in [4.69, 9.17) is 9.47 Å². The van der Waals surface area contributed by atoms with Gasteiger partial charge in [0.25, 0.3) is 0 Å². The summed E-state index contributed by atoms with van der Waals surface area (Å²) in [4.78, 5) is 12.1. The second-order valence-electron chi connectivity index (χ2n) is 6.98. The number of carbonyl (C=O) groups excluding carboxylic acids is 1. The monoisotopic (exact) mass is 369 g/mol. The van der Waals surface area contributed by atoms with Gasteiger partial charge in [0.05, 0.1) is 13.7 Å². The van der Waals surface area contributed by atoms with Crippen molar-refractivity contribution in [3.05, 3.63) is 59.7 Å². The highest BCUT2D eigenvalue weighted by atomic mass is 16.5. The number of hydrogen-bond acceptors (Lipinski definition) is 3. The Morgan fingerprint density at radius 2 is 1.85 bits per heavy atom. The van der Waals surface area contributed by atoms with Crippen molar-refractivity contribution in [2.45, 2.75) is 52.0 Å². The zero-order chi connectivity index (χ0) is 19.5. The van der Waals surface area contributed by atoms with Gasteiger partial charge in [0, 0.05) is 12.5 Å². The van der Waals surface area contributed by atoms with Crippen LogP contribution >= 0.6 is 0 Å². The Hall–Kier alpha value is -2.49. The SMILES string of the molecule is COc1ccc(CCC(C)NC(=O)CCCCOc2cccc(C)c2)cc1. The summed E-state index contributed by atoms with van der Waals surface area (Å²) in [5.41, 5.74) is 2.45. The van der Waals surface area contributed by atoms with Crippen LogP contribution in [0.25, 0.3) is 0 Å². The minimum Gasteiger partial charge on any atom is -0.497 e. The molecule has 0 spiro atoms. The molecule has 0 fully saturated rings. The fraction of sp³-hybridized carbons (Fsp3) is 0.435. The third-order valence-corrected chi connectivity index (χ3v) is 4.49. The highest BCUT2D eigenvalue weighted by molar-refractivity contribution is 5.76. The maximum absolute atomic E-state index is 12.1. The zero-order valence-electron chi connectivity index (χ0n) is 16.7. The van der Waals surface area contributed by atoms with Crippen LogP contribution in [0.2, 0.25) is 0 Å². The molecule has 1 atom stereocenters. The van der Waals surface area contributed by atoms with Crippen molar-refractivity contribution < 1.29 is 14.3 Å². The van der Waals surface area contributed by atoms with Gasteiger partial charge in [-0.1, -0.05) is 24.3 Å². The van der Waals surface area contributed by atoms with Crippen molar-refractivity contribution in [2.75, 3.05) is 13.7 Å². The summed E-state index contributed by atoms with van der Waals surface area (Å²) >= 11 is 0. The summed E-state index contributed by atoms with van der Waals surface area (Å²) in [6.07, 6.45) is 4.12. The minimum atomic E-state index is 0.118. The Balaban J connectivity index is 1.56. The van der Waals surface area contributed by atoms with Crippen molar-refractivity contribution in [3.63, 3.8) is 0 Å². The van der Waals surface area contributed by atoms with Gasteiger partial charge in [0.1, 0.15) is 11.5 Å². The van der Waals surface area contributed by atoms with Gasteiger partial charge in [0.15, 0.2) is 0 Å². The van der Waals surface area contributed by atoms with Crippen molar-refractivity contribution >= 4 is 5.91 Å². The maximum Gasteiger partial charge on any atom is 0.220 e. The van der Waals surface area contributed by atoms with E-state index in [0.29, 0.717) is 13.0 Å². The van der Waals surface area contributed by atoms with E-state index < -0.39 is 0 Å². The predicted octanol–water partition coefficient (Wildman–Crippen LogP) is 4.69. The molecule has 1 unspecified atom stereocenters. The topological polar surface area (TPSA) is 47.6 Å². The second-order valence-corrected chi connectivity index (χ2v) is 6.98. The largest absolute Gasteiger partial charge is 0.497 e. The first-order valence-electron chi connectivity index (χ1n) is 9.68. The molecule has 146 valence electrons. The predicted molar refractivity (Wildman–Crippen MR) is 109 cm³/mol. The minimum absolute atomic E-state index is 0.118. The molecular weight excluding hydrogens is 338 g/mol. The molecule has 27 heavy (non-hydrogen) atoms. The number of methoxy groups -OCH3 is 1. The standard InChI is InChI=1S/C23H31NO3/c1-18-7-6-8-22(17-18)27-16-5-4-9-23(25)24-19(2)10-11-20-12-14-21(26-3)15-13-20/h6-8,12-15,17,19H,4-5,9-11,16H2,1-3H3,(H,24,25). The van der Waals surface area contributed by atoms with Crippen molar-refractivity contribution in [3.8, 4) is 11.5 Å². The Bertz CT molecular complexity index is 697. The molecule has 0 radical (unpaired) electrons. The zero-order valence-corrected chi connectivity index (χ0v) is 16.7. The highest BCUT2D eigenvalue weighted by Crippen LogP contribution is 2.14. The Morgan fingerprint density at radius 3 is 2.56 bits per heavy atom. The first-order chi connectivity index (χ1) is 13.1. The summed E-state index contributed by atoms with van der Waals surface area (Å²) < 4.78 is 10.9. The van der Waals surface area contributed by atoms with Gasteiger partial charge in [-0.05, 0) is 74.9 Å². The number of rotatable bonds is 11. The van der Waals surface area contributed by atoms with E-state index in [2.05, 4.69) is 24.4 Å². The number of nitrogens with one attached hydrogen (secondary N) is 1. The van der Waals surface area contributed by atoms with Crippen molar-refractivity contribution in [1.82, 2.24) is 5.32 Å². The number of benzene rings is 2.